The van der Waals surface area contributed by atoms with Gasteiger partial charge in [0.25, 0.3) is 0 Å². The Bertz CT molecular complexity index is 914. The Kier molecular flexibility index (Phi) is 5.00. The summed E-state index contributed by atoms with van der Waals surface area (Å²) in [5.41, 5.74) is 1.85. The molecule has 0 saturated heterocycles. The number of rotatable bonds is 6. The van der Waals surface area contributed by atoms with Crippen LogP contribution in [0.15, 0.2) is 72.5 Å². The van der Waals surface area contributed by atoms with Gasteiger partial charge >= 0.3 is 5.97 Å². The molecule has 126 valence electrons. The highest BCUT2D eigenvalue weighted by atomic mass is 16.5. The summed E-state index contributed by atoms with van der Waals surface area (Å²) < 4.78 is 10.9. The number of carboxylic acid groups (broad SMARTS) is 1. The summed E-state index contributed by atoms with van der Waals surface area (Å²) in [5.74, 6) is -0.454. The van der Waals surface area contributed by atoms with Gasteiger partial charge in [-0.1, -0.05) is 60.7 Å². The molecule has 1 N–H and O–H groups in total. The molecular formula is C21H18O4. The van der Waals surface area contributed by atoms with Gasteiger partial charge in [-0.3, -0.25) is 0 Å². The average Bonchev–Trinajstić information content (AvgIpc) is 2.65. The molecule has 0 radical (unpaired) electrons. The van der Waals surface area contributed by atoms with Crippen molar-refractivity contribution in [3.8, 4) is 5.75 Å². The Morgan fingerprint density at radius 1 is 0.960 bits per heavy atom. The van der Waals surface area contributed by atoms with E-state index in [1.165, 1.54) is 13.2 Å². The minimum Gasteiger partial charge on any atom is -0.490 e. The first-order chi connectivity index (χ1) is 12.2. The number of aliphatic carboxylic acids is 1. The van der Waals surface area contributed by atoms with E-state index in [1.54, 1.807) is 0 Å². The van der Waals surface area contributed by atoms with Gasteiger partial charge in [-0.2, -0.15) is 0 Å². The number of carboxylic acids is 1. The molecule has 0 bridgehead atoms. The number of hydrogen-bond donors (Lipinski definition) is 1. The molecule has 0 aliphatic rings. The van der Waals surface area contributed by atoms with Crippen LogP contribution in [0.4, 0.5) is 0 Å². The normalized spacial score (nSPS) is 11.3. The zero-order valence-corrected chi connectivity index (χ0v) is 13.8. The first kappa shape index (κ1) is 16.6. The van der Waals surface area contributed by atoms with Crippen molar-refractivity contribution in [3.63, 3.8) is 0 Å². The molecule has 4 nitrogen and oxygen atoms in total. The molecule has 0 amide bonds. The van der Waals surface area contributed by atoms with E-state index in [9.17, 15) is 4.79 Å². The van der Waals surface area contributed by atoms with Crippen LogP contribution in [0.1, 0.15) is 11.1 Å². The van der Waals surface area contributed by atoms with E-state index in [0.717, 1.165) is 27.6 Å². The quantitative estimate of drug-likeness (QED) is 0.533. The van der Waals surface area contributed by atoms with E-state index in [0.29, 0.717) is 6.61 Å². The molecule has 3 rings (SSSR count). The van der Waals surface area contributed by atoms with Crippen molar-refractivity contribution in [2.75, 3.05) is 7.11 Å². The Balaban J connectivity index is 1.97. The second-order valence-corrected chi connectivity index (χ2v) is 5.49. The van der Waals surface area contributed by atoms with Gasteiger partial charge in [-0.05, 0) is 28.7 Å². The van der Waals surface area contributed by atoms with Crippen molar-refractivity contribution in [1.82, 2.24) is 0 Å². The van der Waals surface area contributed by atoms with Crippen LogP contribution in [0.3, 0.4) is 0 Å². The zero-order chi connectivity index (χ0) is 17.6. The van der Waals surface area contributed by atoms with Gasteiger partial charge in [0.2, 0.25) is 5.76 Å². The largest absolute Gasteiger partial charge is 0.490 e. The van der Waals surface area contributed by atoms with Gasteiger partial charge in [-0.25, -0.2) is 4.79 Å². The number of ether oxygens (including phenoxy) is 2. The monoisotopic (exact) mass is 334 g/mol. The molecule has 0 atom stereocenters. The summed E-state index contributed by atoms with van der Waals surface area (Å²) in [6, 6.07) is 21.4. The molecule has 3 aromatic rings. The molecule has 3 aromatic carbocycles. The zero-order valence-electron chi connectivity index (χ0n) is 13.8. The molecule has 0 aromatic heterocycles. The highest BCUT2D eigenvalue weighted by Crippen LogP contribution is 2.30. The lowest BCUT2D eigenvalue weighted by atomic mass is 10.0. The van der Waals surface area contributed by atoms with Gasteiger partial charge in [0.05, 0.1) is 7.11 Å². The fourth-order valence-electron chi connectivity index (χ4n) is 2.63. The minimum atomic E-state index is -1.10. The van der Waals surface area contributed by atoms with Crippen LogP contribution in [-0.2, 0) is 16.1 Å². The van der Waals surface area contributed by atoms with Crippen molar-refractivity contribution < 1.29 is 19.4 Å². The summed E-state index contributed by atoms with van der Waals surface area (Å²) in [7, 11) is 1.35. The topological polar surface area (TPSA) is 55.8 Å². The van der Waals surface area contributed by atoms with E-state index >= 15 is 0 Å². The summed E-state index contributed by atoms with van der Waals surface area (Å²) in [4.78, 5) is 11.2. The molecular weight excluding hydrogens is 316 g/mol. The molecule has 0 unspecified atom stereocenters. The first-order valence-corrected chi connectivity index (χ1v) is 7.86. The first-order valence-electron chi connectivity index (χ1n) is 7.86. The molecule has 0 heterocycles. The minimum absolute atomic E-state index is 0.108. The van der Waals surface area contributed by atoms with Gasteiger partial charge in [0.1, 0.15) is 12.4 Å². The van der Waals surface area contributed by atoms with Crippen molar-refractivity contribution in [2.24, 2.45) is 0 Å². The Morgan fingerprint density at radius 3 is 2.32 bits per heavy atom. The molecule has 4 heteroatoms. The van der Waals surface area contributed by atoms with Crippen LogP contribution in [0.2, 0.25) is 0 Å². The highest BCUT2D eigenvalue weighted by molar-refractivity contribution is 5.98. The molecule has 0 fully saturated rings. The predicted octanol–water partition coefficient (Wildman–Crippen LogP) is 4.49. The van der Waals surface area contributed by atoms with Gasteiger partial charge in [0, 0.05) is 5.39 Å². The molecule has 0 aliphatic heterocycles. The fraction of sp³-hybridized carbons (Fsp3) is 0.0952. The average molecular weight is 334 g/mol. The Labute approximate surface area is 145 Å². The lowest BCUT2D eigenvalue weighted by molar-refractivity contribution is -0.135. The Morgan fingerprint density at radius 2 is 1.64 bits per heavy atom. The third kappa shape index (κ3) is 3.80. The number of fused-ring (bicyclic) bond motifs is 1. The summed E-state index contributed by atoms with van der Waals surface area (Å²) in [6.07, 6.45) is 1.52. The van der Waals surface area contributed by atoms with Gasteiger partial charge in [-0.15, -0.1) is 0 Å². The number of carbonyl (C=O) groups is 1. The predicted molar refractivity (Wildman–Crippen MR) is 97.3 cm³/mol. The second kappa shape index (κ2) is 7.53. The molecule has 0 aliphatic carbocycles. The van der Waals surface area contributed by atoms with Crippen LogP contribution in [-0.4, -0.2) is 18.2 Å². The van der Waals surface area contributed by atoms with Crippen molar-refractivity contribution in [3.05, 3.63) is 83.6 Å². The fourth-order valence-corrected chi connectivity index (χ4v) is 2.63. The van der Waals surface area contributed by atoms with Crippen LogP contribution < -0.4 is 4.74 Å². The third-order valence-corrected chi connectivity index (χ3v) is 3.87. The van der Waals surface area contributed by atoms with Crippen LogP contribution in [0.25, 0.3) is 16.8 Å². The molecule has 25 heavy (non-hydrogen) atoms. The maximum atomic E-state index is 11.2. The maximum Gasteiger partial charge on any atom is 0.371 e. The van der Waals surface area contributed by atoms with E-state index in [1.807, 2.05) is 66.7 Å². The van der Waals surface area contributed by atoms with Crippen LogP contribution in [0, 0.1) is 0 Å². The van der Waals surface area contributed by atoms with Crippen molar-refractivity contribution >= 4 is 22.8 Å². The second-order valence-electron chi connectivity index (χ2n) is 5.49. The summed E-state index contributed by atoms with van der Waals surface area (Å²) in [5, 5.41) is 11.0. The number of methoxy groups -OCH3 is 1. The molecule has 0 spiro atoms. The number of hydrogen-bond acceptors (Lipinski definition) is 3. The van der Waals surface area contributed by atoms with Crippen molar-refractivity contribution in [2.45, 2.75) is 6.61 Å². The Hall–Kier alpha value is -3.27. The standard InChI is InChI=1S/C21H18O4/c1-24-20(21(22)23)13-16-11-12-19(18-10-6-5-9-17(16)18)25-14-15-7-3-2-4-8-15/h2-13H,14H2,1H3,(H,22,23)/b20-13-. The third-order valence-electron chi connectivity index (χ3n) is 3.87. The number of benzene rings is 3. The van der Waals surface area contributed by atoms with Crippen LogP contribution in [0.5, 0.6) is 5.75 Å². The van der Waals surface area contributed by atoms with Gasteiger partial charge in [0.15, 0.2) is 0 Å². The summed E-state index contributed by atoms with van der Waals surface area (Å²) in [6.45, 7) is 0.471. The van der Waals surface area contributed by atoms with Crippen LogP contribution >= 0.6 is 0 Å². The lowest BCUT2D eigenvalue weighted by Gasteiger charge is -2.12. The van der Waals surface area contributed by atoms with E-state index in [-0.39, 0.29) is 5.76 Å². The highest BCUT2D eigenvalue weighted by Gasteiger charge is 2.10. The lowest BCUT2D eigenvalue weighted by Crippen LogP contribution is -2.02. The molecule has 0 saturated carbocycles. The maximum absolute atomic E-state index is 11.2. The van der Waals surface area contributed by atoms with Crippen molar-refractivity contribution in [1.29, 1.82) is 0 Å². The SMILES string of the molecule is CO/C(=C\c1ccc(OCc2ccccc2)c2ccccc12)C(=O)O. The van der Waals surface area contributed by atoms with Gasteiger partial charge < -0.3 is 14.6 Å². The van der Waals surface area contributed by atoms with E-state index in [4.69, 9.17) is 14.6 Å². The summed E-state index contributed by atoms with van der Waals surface area (Å²) >= 11 is 0. The smallest absolute Gasteiger partial charge is 0.371 e. The van der Waals surface area contributed by atoms with E-state index < -0.39 is 5.97 Å². The van der Waals surface area contributed by atoms with E-state index in [2.05, 4.69) is 0 Å².